The number of fused-ring (bicyclic) bond motifs is 5. The SMILES string of the molecule is C=C1CC2C3CC(F)C(=O)C3(C)CCC2C2(C)CCC(=NCOCCN3CCCCC3)C=C12. The number of Topliss-reactive ketones (excluding diaryl/α,β-unsaturated/α-hetero) is 1. The van der Waals surface area contributed by atoms with E-state index in [0.717, 1.165) is 51.0 Å². The van der Waals surface area contributed by atoms with E-state index in [-0.39, 0.29) is 17.1 Å². The van der Waals surface area contributed by atoms with Crippen LogP contribution >= 0.6 is 0 Å². The van der Waals surface area contributed by atoms with E-state index >= 15 is 0 Å². The molecule has 0 N–H and O–H groups in total. The maximum absolute atomic E-state index is 14.5. The molecular weight excluding hydrogens is 415 g/mol. The second-order valence-corrected chi connectivity index (χ2v) is 11.8. The molecule has 5 aliphatic rings. The van der Waals surface area contributed by atoms with E-state index in [1.54, 1.807) is 0 Å². The predicted molar refractivity (Wildman–Crippen MR) is 130 cm³/mol. The average molecular weight is 457 g/mol. The molecule has 1 heterocycles. The molecule has 6 atom stereocenters. The molecular formula is C28H41FN2O2. The van der Waals surface area contributed by atoms with Crippen LogP contribution in [0.2, 0.25) is 0 Å². The second-order valence-electron chi connectivity index (χ2n) is 11.8. The van der Waals surface area contributed by atoms with Gasteiger partial charge in [-0.05, 0) is 99.3 Å². The van der Waals surface area contributed by atoms with E-state index in [4.69, 9.17) is 9.73 Å². The zero-order valence-corrected chi connectivity index (χ0v) is 20.6. The zero-order chi connectivity index (χ0) is 23.2. The molecule has 182 valence electrons. The summed E-state index contributed by atoms with van der Waals surface area (Å²) in [4.78, 5) is 19.9. The van der Waals surface area contributed by atoms with Crippen LogP contribution in [0.3, 0.4) is 0 Å². The van der Waals surface area contributed by atoms with Crippen molar-refractivity contribution in [1.29, 1.82) is 0 Å². The molecule has 4 nitrogen and oxygen atoms in total. The first-order valence-corrected chi connectivity index (χ1v) is 13.2. The van der Waals surface area contributed by atoms with Crippen LogP contribution in [-0.4, -0.2) is 55.5 Å². The normalized spacial score (nSPS) is 42.6. The lowest BCUT2D eigenvalue weighted by Crippen LogP contribution is -2.51. The highest BCUT2D eigenvalue weighted by Gasteiger charge is 2.62. The maximum Gasteiger partial charge on any atom is 0.173 e. The Kier molecular flexibility index (Phi) is 6.41. The van der Waals surface area contributed by atoms with Crippen molar-refractivity contribution >= 4 is 11.5 Å². The van der Waals surface area contributed by atoms with Crippen molar-refractivity contribution in [2.75, 3.05) is 33.0 Å². The lowest BCUT2D eigenvalue weighted by atomic mass is 9.47. The summed E-state index contributed by atoms with van der Waals surface area (Å²) in [5.41, 5.74) is 3.25. The Morgan fingerprint density at radius 1 is 1.18 bits per heavy atom. The number of alkyl halides is 1. The van der Waals surface area contributed by atoms with Crippen LogP contribution in [0.5, 0.6) is 0 Å². The highest BCUT2D eigenvalue weighted by Crippen LogP contribution is 2.65. The number of halogens is 1. The number of carbonyl (C=O) groups excluding carboxylic acids is 1. The Hall–Kier alpha value is -1.33. The molecule has 1 saturated heterocycles. The summed E-state index contributed by atoms with van der Waals surface area (Å²) in [5, 5.41) is 0. The van der Waals surface area contributed by atoms with Crippen LogP contribution in [0.15, 0.2) is 28.8 Å². The van der Waals surface area contributed by atoms with Gasteiger partial charge in [0.25, 0.3) is 0 Å². The topological polar surface area (TPSA) is 41.9 Å². The van der Waals surface area contributed by atoms with Gasteiger partial charge in [0.15, 0.2) is 12.0 Å². The highest BCUT2D eigenvalue weighted by atomic mass is 19.1. The fourth-order valence-corrected chi connectivity index (χ4v) is 8.02. The number of hydrogen-bond acceptors (Lipinski definition) is 4. The Morgan fingerprint density at radius 2 is 1.97 bits per heavy atom. The second kappa shape index (κ2) is 9.03. The van der Waals surface area contributed by atoms with E-state index in [0.29, 0.717) is 25.0 Å². The summed E-state index contributed by atoms with van der Waals surface area (Å²) >= 11 is 0. The van der Waals surface area contributed by atoms with Gasteiger partial charge in [-0.3, -0.25) is 9.79 Å². The molecule has 0 aromatic heterocycles. The summed E-state index contributed by atoms with van der Waals surface area (Å²) < 4.78 is 20.3. The molecule has 4 aliphatic carbocycles. The third-order valence-corrected chi connectivity index (χ3v) is 10.0. The Morgan fingerprint density at radius 3 is 2.76 bits per heavy atom. The summed E-state index contributed by atoms with van der Waals surface area (Å²) in [6.07, 6.45) is 10.2. The molecule has 0 bridgehead atoms. The number of piperidine rings is 1. The lowest BCUT2D eigenvalue weighted by Gasteiger charge is -2.57. The standard InChI is InChI=1S/C28H41FN2O2/c1-19-15-21-22(8-10-28(3)24(21)17-25(29)26(28)32)27(2)9-7-20(16-23(19)27)30-18-33-14-13-31-11-5-4-6-12-31/h16,21-22,24-25H,1,4-15,17-18H2,2-3H3. The van der Waals surface area contributed by atoms with Crippen LogP contribution in [0.25, 0.3) is 0 Å². The summed E-state index contributed by atoms with van der Waals surface area (Å²) in [6.45, 7) is 13.5. The van der Waals surface area contributed by atoms with Crippen molar-refractivity contribution in [3.05, 3.63) is 23.8 Å². The number of ether oxygens (including phenoxy) is 1. The number of nitrogens with zero attached hydrogens (tertiary/aromatic N) is 2. The summed E-state index contributed by atoms with van der Waals surface area (Å²) in [7, 11) is 0. The number of hydrogen-bond donors (Lipinski definition) is 0. The van der Waals surface area contributed by atoms with E-state index in [2.05, 4.69) is 24.5 Å². The van der Waals surface area contributed by atoms with Crippen molar-refractivity contribution < 1.29 is 13.9 Å². The van der Waals surface area contributed by atoms with Crippen LogP contribution in [0.1, 0.15) is 71.6 Å². The summed E-state index contributed by atoms with van der Waals surface area (Å²) in [5.74, 6) is 0.908. The fraction of sp³-hybridized carbons (Fsp3) is 0.786. The van der Waals surface area contributed by atoms with Crippen LogP contribution in [0, 0.1) is 28.6 Å². The lowest BCUT2D eigenvalue weighted by molar-refractivity contribution is -0.134. The molecule has 4 fully saturated rings. The van der Waals surface area contributed by atoms with Gasteiger partial charge >= 0.3 is 0 Å². The molecule has 6 unspecified atom stereocenters. The molecule has 0 aromatic carbocycles. The fourth-order valence-electron chi connectivity index (χ4n) is 8.02. The highest BCUT2D eigenvalue weighted by molar-refractivity contribution is 5.97. The minimum atomic E-state index is -1.27. The van der Waals surface area contributed by atoms with Crippen LogP contribution < -0.4 is 0 Å². The van der Waals surface area contributed by atoms with Gasteiger partial charge in [0.05, 0.1) is 6.61 Å². The third-order valence-electron chi connectivity index (χ3n) is 10.0. The zero-order valence-electron chi connectivity index (χ0n) is 20.6. The smallest absolute Gasteiger partial charge is 0.173 e. The van der Waals surface area contributed by atoms with Gasteiger partial charge in [0.1, 0.15) is 6.73 Å². The number of carbonyl (C=O) groups is 1. The maximum atomic E-state index is 14.5. The van der Waals surface area contributed by atoms with Gasteiger partial charge in [-0.1, -0.05) is 32.4 Å². The Balaban J connectivity index is 1.24. The first kappa shape index (κ1) is 23.4. The number of likely N-dealkylation sites (tertiary alicyclic amines) is 1. The molecule has 33 heavy (non-hydrogen) atoms. The van der Waals surface area contributed by atoms with Crippen molar-refractivity contribution in [3.8, 4) is 0 Å². The van der Waals surface area contributed by atoms with Gasteiger partial charge in [0, 0.05) is 17.7 Å². The largest absolute Gasteiger partial charge is 0.358 e. The van der Waals surface area contributed by atoms with E-state index in [1.165, 1.54) is 43.5 Å². The Labute approximate surface area is 198 Å². The molecule has 1 aliphatic heterocycles. The molecule has 0 amide bonds. The van der Waals surface area contributed by atoms with E-state index in [1.807, 2.05) is 6.92 Å². The van der Waals surface area contributed by atoms with Crippen molar-refractivity contribution in [1.82, 2.24) is 4.90 Å². The van der Waals surface area contributed by atoms with Gasteiger partial charge < -0.3 is 9.64 Å². The van der Waals surface area contributed by atoms with Gasteiger partial charge in [0.2, 0.25) is 0 Å². The Bertz CT molecular complexity index is 860. The van der Waals surface area contributed by atoms with Crippen LogP contribution in [0.4, 0.5) is 4.39 Å². The van der Waals surface area contributed by atoms with Crippen molar-refractivity contribution in [2.24, 2.45) is 33.6 Å². The molecule has 5 rings (SSSR count). The number of allylic oxidation sites excluding steroid dienone is 3. The average Bonchev–Trinajstić information content (AvgIpc) is 3.04. The van der Waals surface area contributed by atoms with Crippen molar-refractivity contribution in [2.45, 2.75) is 77.8 Å². The first-order chi connectivity index (χ1) is 15.8. The monoisotopic (exact) mass is 456 g/mol. The van der Waals surface area contributed by atoms with E-state index in [9.17, 15) is 9.18 Å². The van der Waals surface area contributed by atoms with Crippen molar-refractivity contribution in [3.63, 3.8) is 0 Å². The molecule has 0 aromatic rings. The van der Waals surface area contributed by atoms with Gasteiger partial charge in [-0.25, -0.2) is 4.39 Å². The number of aliphatic imine (C=N–C) groups is 1. The summed E-state index contributed by atoms with van der Waals surface area (Å²) in [6, 6.07) is 0. The minimum Gasteiger partial charge on any atom is -0.358 e. The molecule has 5 heteroatoms. The van der Waals surface area contributed by atoms with Gasteiger partial charge in [-0.15, -0.1) is 0 Å². The quantitative estimate of drug-likeness (QED) is 0.511. The predicted octanol–water partition coefficient (Wildman–Crippen LogP) is 5.53. The van der Waals surface area contributed by atoms with E-state index < -0.39 is 11.6 Å². The van der Waals surface area contributed by atoms with Gasteiger partial charge in [-0.2, -0.15) is 0 Å². The number of rotatable bonds is 5. The molecule has 0 spiro atoms. The number of ketones is 1. The minimum absolute atomic E-state index is 0.0624. The van der Waals surface area contributed by atoms with Crippen LogP contribution in [-0.2, 0) is 9.53 Å². The molecule has 3 saturated carbocycles. The first-order valence-electron chi connectivity index (χ1n) is 13.2. The molecule has 0 radical (unpaired) electrons. The third kappa shape index (κ3) is 4.07.